The number of ketones is 1. The van der Waals surface area contributed by atoms with Crippen molar-refractivity contribution in [2.45, 2.75) is 38.6 Å². The van der Waals surface area contributed by atoms with Gasteiger partial charge in [0.15, 0.2) is 5.78 Å². The molecule has 1 atom stereocenters. The first-order valence-corrected chi connectivity index (χ1v) is 7.25. The van der Waals surface area contributed by atoms with Gasteiger partial charge in [-0.15, -0.1) is 12.4 Å². The van der Waals surface area contributed by atoms with Gasteiger partial charge in [0.2, 0.25) is 5.91 Å². The van der Waals surface area contributed by atoms with Crippen LogP contribution in [0, 0.1) is 6.92 Å². The van der Waals surface area contributed by atoms with E-state index in [2.05, 4.69) is 10.6 Å². The van der Waals surface area contributed by atoms with E-state index in [-0.39, 0.29) is 43.0 Å². The molecule has 1 amide bonds. The predicted molar refractivity (Wildman–Crippen MR) is 86.0 cm³/mol. The Kier molecular flexibility index (Phi) is 7.40. The van der Waals surface area contributed by atoms with E-state index in [1.807, 2.05) is 31.2 Å². The van der Waals surface area contributed by atoms with Gasteiger partial charge in [-0.05, 0) is 26.3 Å². The average molecular weight is 311 g/mol. The van der Waals surface area contributed by atoms with E-state index in [1.54, 1.807) is 0 Å². The number of aryl methyl sites for hydroxylation is 1. The van der Waals surface area contributed by atoms with E-state index in [0.29, 0.717) is 5.56 Å². The lowest BCUT2D eigenvalue weighted by Crippen LogP contribution is -2.45. The predicted octanol–water partition coefficient (Wildman–Crippen LogP) is 2.25. The van der Waals surface area contributed by atoms with Crippen LogP contribution in [0.3, 0.4) is 0 Å². The number of Topliss-reactive ketones (excluding diaryl/α,β-unsaturated/α-hetero) is 1. The SMILES string of the molecule is Cc1ccc(C(=O)CCC(=O)NC2CCCNC2)cc1.Cl. The van der Waals surface area contributed by atoms with Gasteiger partial charge in [0, 0.05) is 31.0 Å². The highest BCUT2D eigenvalue weighted by Crippen LogP contribution is 2.08. The lowest BCUT2D eigenvalue weighted by Gasteiger charge is -2.23. The van der Waals surface area contributed by atoms with Crippen LogP contribution in [-0.2, 0) is 4.79 Å². The molecule has 116 valence electrons. The first-order chi connectivity index (χ1) is 9.65. The smallest absolute Gasteiger partial charge is 0.220 e. The van der Waals surface area contributed by atoms with E-state index >= 15 is 0 Å². The highest BCUT2D eigenvalue weighted by atomic mass is 35.5. The van der Waals surface area contributed by atoms with Crippen molar-refractivity contribution in [1.29, 1.82) is 0 Å². The van der Waals surface area contributed by atoms with E-state index in [4.69, 9.17) is 0 Å². The molecule has 1 saturated heterocycles. The lowest BCUT2D eigenvalue weighted by molar-refractivity contribution is -0.121. The number of hydrogen-bond acceptors (Lipinski definition) is 3. The first kappa shape index (κ1) is 17.7. The molecule has 5 heteroatoms. The summed E-state index contributed by atoms with van der Waals surface area (Å²) in [6, 6.07) is 7.69. The molecule has 1 aliphatic rings. The number of piperidine rings is 1. The van der Waals surface area contributed by atoms with Gasteiger partial charge in [-0.2, -0.15) is 0 Å². The number of hydrogen-bond donors (Lipinski definition) is 2. The molecule has 0 radical (unpaired) electrons. The third-order valence-corrected chi connectivity index (χ3v) is 3.61. The molecule has 1 fully saturated rings. The van der Waals surface area contributed by atoms with Crippen LogP contribution in [0.2, 0.25) is 0 Å². The maximum Gasteiger partial charge on any atom is 0.220 e. The van der Waals surface area contributed by atoms with Crippen molar-refractivity contribution in [2.75, 3.05) is 13.1 Å². The molecule has 1 aliphatic heterocycles. The summed E-state index contributed by atoms with van der Waals surface area (Å²) in [7, 11) is 0. The number of amides is 1. The molecule has 0 aromatic heterocycles. The van der Waals surface area contributed by atoms with Crippen molar-refractivity contribution >= 4 is 24.1 Å². The standard InChI is InChI=1S/C16H22N2O2.ClH/c1-12-4-6-13(7-5-12)15(19)8-9-16(20)18-14-3-2-10-17-11-14;/h4-7,14,17H,2-3,8-11H2,1H3,(H,18,20);1H. The van der Waals surface area contributed by atoms with Crippen LogP contribution in [0.1, 0.15) is 41.6 Å². The topological polar surface area (TPSA) is 58.2 Å². The fraction of sp³-hybridized carbons (Fsp3) is 0.500. The minimum absolute atomic E-state index is 0. The van der Waals surface area contributed by atoms with Crippen molar-refractivity contribution in [3.63, 3.8) is 0 Å². The highest BCUT2D eigenvalue weighted by molar-refractivity contribution is 5.97. The molecule has 4 nitrogen and oxygen atoms in total. The Morgan fingerprint density at radius 3 is 2.57 bits per heavy atom. The third kappa shape index (κ3) is 5.86. The number of rotatable bonds is 5. The Morgan fingerprint density at radius 2 is 1.95 bits per heavy atom. The van der Waals surface area contributed by atoms with Crippen molar-refractivity contribution in [2.24, 2.45) is 0 Å². The molecule has 0 aliphatic carbocycles. The Bertz CT molecular complexity index is 468. The molecule has 0 bridgehead atoms. The van der Waals surface area contributed by atoms with Gasteiger partial charge in [-0.25, -0.2) is 0 Å². The molecule has 1 aromatic rings. The van der Waals surface area contributed by atoms with Gasteiger partial charge in [0.05, 0.1) is 0 Å². The summed E-state index contributed by atoms with van der Waals surface area (Å²) in [5, 5.41) is 6.24. The average Bonchev–Trinajstić information content (AvgIpc) is 2.46. The molecular weight excluding hydrogens is 288 g/mol. The van der Waals surface area contributed by atoms with Crippen LogP contribution < -0.4 is 10.6 Å². The van der Waals surface area contributed by atoms with E-state index < -0.39 is 0 Å². The second kappa shape index (κ2) is 8.80. The summed E-state index contributed by atoms with van der Waals surface area (Å²) in [6.07, 6.45) is 2.65. The van der Waals surface area contributed by atoms with Crippen molar-refractivity contribution < 1.29 is 9.59 Å². The second-order valence-corrected chi connectivity index (χ2v) is 5.40. The zero-order valence-corrected chi connectivity index (χ0v) is 13.2. The number of halogens is 1. The fourth-order valence-corrected chi connectivity index (χ4v) is 2.39. The van der Waals surface area contributed by atoms with Gasteiger partial charge in [0.1, 0.15) is 0 Å². The van der Waals surface area contributed by atoms with E-state index in [9.17, 15) is 9.59 Å². The zero-order chi connectivity index (χ0) is 14.4. The molecule has 2 rings (SSSR count). The van der Waals surface area contributed by atoms with Crippen molar-refractivity contribution in [1.82, 2.24) is 10.6 Å². The lowest BCUT2D eigenvalue weighted by atomic mass is 10.0. The minimum atomic E-state index is -0.0286. The molecule has 1 heterocycles. The number of nitrogens with one attached hydrogen (secondary N) is 2. The number of benzene rings is 1. The summed E-state index contributed by atoms with van der Waals surface area (Å²) in [6.45, 7) is 3.84. The van der Waals surface area contributed by atoms with Gasteiger partial charge >= 0.3 is 0 Å². The van der Waals surface area contributed by atoms with Gasteiger partial charge in [-0.3, -0.25) is 9.59 Å². The summed E-state index contributed by atoms with van der Waals surface area (Å²) >= 11 is 0. The Labute approximate surface area is 132 Å². The Hall–Kier alpha value is -1.39. The Morgan fingerprint density at radius 1 is 1.24 bits per heavy atom. The summed E-state index contributed by atoms with van der Waals surface area (Å²) in [5.74, 6) is 0.00100. The maximum atomic E-state index is 12.0. The third-order valence-electron chi connectivity index (χ3n) is 3.61. The van der Waals surface area contributed by atoms with Crippen LogP contribution in [0.25, 0.3) is 0 Å². The monoisotopic (exact) mass is 310 g/mol. The molecule has 0 saturated carbocycles. The Balaban J connectivity index is 0.00000220. The van der Waals surface area contributed by atoms with Crippen LogP contribution in [0.4, 0.5) is 0 Å². The summed E-state index contributed by atoms with van der Waals surface area (Å²) in [5.41, 5.74) is 1.81. The molecule has 2 N–H and O–H groups in total. The van der Waals surface area contributed by atoms with E-state index in [1.165, 1.54) is 0 Å². The molecular formula is C16H23ClN2O2. The minimum Gasteiger partial charge on any atom is -0.352 e. The fourth-order valence-electron chi connectivity index (χ4n) is 2.39. The summed E-state index contributed by atoms with van der Waals surface area (Å²) in [4.78, 5) is 23.8. The van der Waals surface area contributed by atoms with Gasteiger partial charge in [0.25, 0.3) is 0 Å². The van der Waals surface area contributed by atoms with E-state index in [0.717, 1.165) is 31.5 Å². The van der Waals surface area contributed by atoms with Gasteiger partial charge < -0.3 is 10.6 Å². The van der Waals surface area contributed by atoms with Crippen LogP contribution in [0.5, 0.6) is 0 Å². The second-order valence-electron chi connectivity index (χ2n) is 5.40. The largest absolute Gasteiger partial charge is 0.352 e. The zero-order valence-electron chi connectivity index (χ0n) is 12.4. The van der Waals surface area contributed by atoms with Crippen molar-refractivity contribution in [3.05, 3.63) is 35.4 Å². The highest BCUT2D eigenvalue weighted by Gasteiger charge is 2.16. The molecule has 21 heavy (non-hydrogen) atoms. The van der Waals surface area contributed by atoms with Crippen LogP contribution in [0.15, 0.2) is 24.3 Å². The molecule has 0 spiro atoms. The summed E-state index contributed by atoms with van der Waals surface area (Å²) < 4.78 is 0. The van der Waals surface area contributed by atoms with Crippen LogP contribution >= 0.6 is 12.4 Å². The molecule has 1 unspecified atom stereocenters. The molecule has 1 aromatic carbocycles. The maximum absolute atomic E-state index is 12.0. The van der Waals surface area contributed by atoms with Gasteiger partial charge in [-0.1, -0.05) is 29.8 Å². The normalized spacial score (nSPS) is 17.7. The van der Waals surface area contributed by atoms with Crippen molar-refractivity contribution in [3.8, 4) is 0 Å². The number of carbonyl (C=O) groups is 2. The van der Waals surface area contributed by atoms with Crippen LogP contribution in [-0.4, -0.2) is 30.8 Å². The first-order valence-electron chi connectivity index (χ1n) is 7.25. The number of carbonyl (C=O) groups excluding carboxylic acids is 2. The quantitative estimate of drug-likeness (QED) is 0.820.